The molecule has 0 spiro atoms. The summed E-state index contributed by atoms with van der Waals surface area (Å²) in [5, 5.41) is 21.1. The van der Waals surface area contributed by atoms with E-state index >= 15 is 8.78 Å². The third-order valence-electron chi connectivity index (χ3n) is 5.54. The molecule has 182 valence electrons. The van der Waals surface area contributed by atoms with Crippen LogP contribution in [-0.4, -0.2) is 10.2 Å². The van der Waals surface area contributed by atoms with Crippen molar-refractivity contribution < 1.29 is 32.2 Å². The normalized spacial score (nSPS) is 12.5. The quantitative estimate of drug-likeness (QED) is 0.198. The molecule has 0 amide bonds. The Morgan fingerprint density at radius 1 is 0.559 bits per heavy atom. The summed E-state index contributed by atoms with van der Waals surface area (Å²) in [4.78, 5) is 0. The van der Waals surface area contributed by atoms with Gasteiger partial charge < -0.3 is 10.2 Å². The van der Waals surface area contributed by atoms with Gasteiger partial charge in [0.2, 0.25) is 5.82 Å². The van der Waals surface area contributed by atoms with Crippen LogP contribution in [0.25, 0.3) is 0 Å². The van der Waals surface area contributed by atoms with Crippen LogP contribution in [0.5, 0.6) is 11.5 Å². The summed E-state index contributed by atoms with van der Waals surface area (Å²) >= 11 is 0. The summed E-state index contributed by atoms with van der Waals surface area (Å²) < 4.78 is 72.5. The van der Waals surface area contributed by atoms with Gasteiger partial charge in [0, 0.05) is 18.5 Å². The summed E-state index contributed by atoms with van der Waals surface area (Å²) in [7, 11) is -2.60. The molecular weight excluding hydrogens is 470 g/mol. The van der Waals surface area contributed by atoms with Crippen LogP contribution in [0.4, 0.5) is 22.0 Å². The van der Waals surface area contributed by atoms with Crippen molar-refractivity contribution in [2.24, 2.45) is 0 Å². The Kier molecular flexibility index (Phi) is 6.75. The van der Waals surface area contributed by atoms with Gasteiger partial charge >= 0.3 is 0 Å². The molecule has 0 aliphatic carbocycles. The van der Waals surface area contributed by atoms with Gasteiger partial charge in [0.05, 0.1) is 5.30 Å². The van der Waals surface area contributed by atoms with E-state index in [1.165, 1.54) is 12.1 Å². The summed E-state index contributed by atoms with van der Waals surface area (Å²) in [6, 6.07) is 9.07. The van der Waals surface area contributed by atoms with Gasteiger partial charge in [-0.2, -0.15) is 0 Å². The first-order valence-corrected chi connectivity index (χ1v) is 11.9. The van der Waals surface area contributed by atoms with E-state index in [1.54, 1.807) is 24.3 Å². The molecule has 0 atom stereocenters. The second kappa shape index (κ2) is 8.84. The Labute approximate surface area is 196 Å². The first kappa shape index (κ1) is 26.0. The first-order valence-electron chi connectivity index (χ1n) is 10.6. The van der Waals surface area contributed by atoms with Gasteiger partial charge in [-0.05, 0) is 22.0 Å². The molecule has 0 bridgehead atoms. The van der Waals surface area contributed by atoms with Crippen LogP contribution in [-0.2, 0) is 10.8 Å². The number of phenols is 2. The third kappa shape index (κ3) is 4.38. The van der Waals surface area contributed by atoms with Crippen LogP contribution in [0.3, 0.4) is 0 Å². The molecule has 0 heterocycles. The number of aromatic hydroxyl groups is 2. The summed E-state index contributed by atoms with van der Waals surface area (Å²) in [6.07, 6.45) is 0. The Hall–Kier alpha value is -2.66. The van der Waals surface area contributed by atoms with Crippen LogP contribution in [0.1, 0.15) is 52.7 Å². The Balaban J connectivity index is 2.51. The number of hydrogen-bond donors (Lipinski definition) is 2. The zero-order valence-corrected chi connectivity index (χ0v) is 20.6. The number of rotatable bonds is 3. The molecule has 8 heteroatoms. The zero-order valence-electron chi connectivity index (χ0n) is 19.7. The van der Waals surface area contributed by atoms with Gasteiger partial charge in [-0.3, -0.25) is 0 Å². The predicted molar refractivity (Wildman–Crippen MR) is 126 cm³/mol. The highest BCUT2D eigenvalue weighted by Gasteiger charge is 2.36. The molecule has 0 unspecified atom stereocenters. The fourth-order valence-corrected chi connectivity index (χ4v) is 6.26. The Bertz CT molecular complexity index is 1170. The van der Waals surface area contributed by atoms with Crippen molar-refractivity contribution in [1.82, 2.24) is 0 Å². The molecule has 3 rings (SSSR count). The second-order valence-electron chi connectivity index (χ2n) is 10.1. The molecule has 3 aromatic carbocycles. The number of benzene rings is 3. The lowest BCUT2D eigenvalue weighted by Gasteiger charge is -2.28. The van der Waals surface area contributed by atoms with Gasteiger partial charge in [-0.15, -0.1) is 0 Å². The van der Waals surface area contributed by atoms with Crippen molar-refractivity contribution in [2.45, 2.75) is 52.4 Å². The van der Waals surface area contributed by atoms with Crippen LogP contribution in [0, 0.1) is 29.1 Å². The minimum Gasteiger partial charge on any atom is -0.507 e. The van der Waals surface area contributed by atoms with E-state index in [4.69, 9.17) is 0 Å². The lowest BCUT2D eigenvalue weighted by atomic mass is 9.86. The molecule has 0 aliphatic heterocycles. The lowest BCUT2D eigenvalue weighted by Crippen LogP contribution is -2.30. The average molecular weight is 496 g/mol. The number of para-hydroxylation sites is 2. The van der Waals surface area contributed by atoms with Crippen LogP contribution in [0.15, 0.2) is 36.4 Å². The standard InChI is InChI=1S/C26H26F5O2P/c1-25(2,3)13-9-7-11-15(22(13)32)34(16-12-8-10-14(23(16)33)26(4,5)6)24-20(30)18(28)17(27)19(29)21(24)31/h7-12,32-33H,1-6H3. The highest BCUT2D eigenvalue weighted by molar-refractivity contribution is 7.80. The van der Waals surface area contributed by atoms with Crippen molar-refractivity contribution in [3.05, 3.63) is 76.6 Å². The van der Waals surface area contributed by atoms with E-state index in [-0.39, 0.29) is 22.1 Å². The molecule has 0 radical (unpaired) electrons. The fraction of sp³-hybridized carbons (Fsp3) is 0.308. The van der Waals surface area contributed by atoms with Crippen molar-refractivity contribution in [2.75, 3.05) is 0 Å². The summed E-state index contributed by atoms with van der Waals surface area (Å²) in [5.74, 6) is -11.1. The van der Waals surface area contributed by atoms with Crippen LogP contribution in [0.2, 0.25) is 0 Å². The summed E-state index contributed by atoms with van der Waals surface area (Å²) in [5.41, 5.74) is -0.333. The fourth-order valence-electron chi connectivity index (χ4n) is 3.79. The first-order chi connectivity index (χ1) is 15.6. The molecular formula is C26H26F5O2P. The van der Waals surface area contributed by atoms with Crippen LogP contribution >= 0.6 is 7.92 Å². The number of hydrogen-bond acceptors (Lipinski definition) is 2. The molecule has 0 saturated carbocycles. The minimum absolute atomic E-state index is 0.0352. The SMILES string of the molecule is CC(C)(C)c1cccc(P(c2cccc(C(C)(C)C)c2O)c2c(F)c(F)c(F)c(F)c2F)c1O. The van der Waals surface area contributed by atoms with Gasteiger partial charge in [-0.1, -0.05) is 77.9 Å². The second-order valence-corrected chi connectivity index (χ2v) is 12.2. The van der Waals surface area contributed by atoms with Crippen LogP contribution < -0.4 is 15.9 Å². The van der Waals surface area contributed by atoms with Crippen molar-refractivity contribution >= 4 is 23.8 Å². The maximum Gasteiger partial charge on any atom is 0.200 e. The molecule has 2 nitrogen and oxygen atoms in total. The Morgan fingerprint density at radius 3 is 1.21 bits per heavy atom. The maximum absolute atomic E-state index is 15.1. The highest BCUT2D eigenvalue weighted by atomic mass is 31.1. The van der Waals surface area contributed by atoms with Gasteiger partial charge in [0.15, 0.2) is 23.3 Å². The van der Waals surface area contributed by atoms with E-state index in [2.05, 4.69) is 0 Å². The lowest BCUT2D eigenvalue weighted by molar-refractivity contribution is 0.384. The third-order valence-corrected chi connectivity index (χ3v) is 8.06. The smallest absolute Gasteiger partial charge is 0.200 e. The molecule has 0 aromatic heterocycles. The largest absolute Gasteiger partial charge is 0.507 e. The molecule has 3 aromatic rings. The van der Waals surface area contributed by atoms with Gasteiger partial charge in [-0.25, -0.2) is 22.0 Å². The predicted octanol–water partition coefficient (Wildman–Crippen LogP) is 6.15. The van der Waals surface area contributed by atoms with E-state index in [9.17, 15) is 23.4 Å². The molecule has 0 saturated heterocycles. The van der Waals surface area contributed by atoms with E-state index < -0.39 is 53.1 Å². The maximum atomic E-state index is 15.1. The van der Waals surface area contributed by atoms with Gasteiger partial charge in [0.1, 0.15) is 11.5 Å². The van der Waals surface area contributed by atoms with Crippen molar-refractivity contribution in [1.29, 1.82) is 0 Å². The highest BCUT2D eigenvalue weighted by Crippen LogP contribution is 2.45. The average Bonchev–Trinajstić information content (AvgIpc) is 2.73. The van der Waals surface area contributed by atoms with E-state index in [0.29, 0.717) is 11.1 Å². The Morgan fingerprint density at radius 2 is 0.882 bits per heavy atom. The number of phenolic OH excluding ortho intramolecular Hbond substituents is 2. The van der Waals surface area contributed by atoms with E-state index in [1.807, 2.05) is 41.5 Å². The molecule has 0 aliphatic rings. The zero-order chi connectivity index (χ0) is 25.7. The van der Waals surface area contributed by atoms with Crippen molar-refractivity contribution in [3.8, 4) is 11.5 Å². The molecule has 0 fully saturated rings. The van der Waals surface area contributed by atoms with Gasteiger partial charge in [0.25, 0.3) is 0 Å². The molecule has 2 N–H and O–H groups in total. The monoisotopic (exact) mass is 496 g/mol. The molecule has 34 heavy (non-hydrogen) atoms. The topological polar surface area (TPSA) is 40.5 Å². The summed E-state index contributed by atoms with van der Waals surface area (Å²) in [6.45, 7) is 10.9. The van der Waals surface area contributed by atoms with Crippen molar-refractivity contribution in [3.63, 3.8) is 0 Å². The number of halogens is 5. The van der Waals surface area contributed by atoms with E-state index in [0.717, 1.165) is 0 Å². The minimum atomic E-state index is -2.60.